The Bertz CT molecular complexity index is 436. The third-order valence-corrected chi connectivity index (χ3v) is 5.18. The highest BCUT2D eigenvalue weighted by Gasteiger charge is 2.44. The van der Waals surface area contributed by atoms with E-state index in [1.807, 2.05) is 30.3 Å². The molecule has 1 aliphatic carbocycles. The maximum atomic E-state index is 10.3. The third-order valence-electron chi connectivity index (χ3n) is 5.18. The molecule has 1 aliphatic heterocycles. The van der Waals surface area contributed by atoms with Crippen LogP contribution in [0.2, 0.25) is 0 Å². The van der Waals surface area contributed by atoms with Gasteiger partial charge in [0, 0.05) is 18.5 Å². The first-order valence-corrected chi connectivity index (χ1v) is 8.37. The molecule has 3 nitrogen and oxygen atoms in total. The molecule has 0 amide bonds. The van der Waals surface area contributed by atoms with Crippen molar-refractivity contribution in [3.05, 3.63) is 30.3 Å². The van der Waals surface area contributed by atoms with Crippen LogP contribution in [0, 0.1) is 5.41 Å². The molecule has 0 unspecified atom stereocenters. The van der Waals surface area contributed by atoms with Gasteiger partial charge in [0.25, 0.3) is 0 Å². The van der Waals surface area contributed by atoms with Gasteiger partial charge in [0.15, 0.2) is 0 Å². The number of piperidine rings is 1. The Kier molecular flexibility index (Phi) is 4.81. The second-order valence-electron chi connectivity index (χ2n) is 6.67. The van der Waals surface area contributed by atoms with E-state index in [9.17, 15) is 5.11 Å². The highest BCUT2D eigenvalue weighted by atomic mass is 16.5. The van der Waals surface area contributed by atoms with E-state index in [0.29, 0.717) is 0 Å². The summed E-state index contributed by atoms with van der Waals surface area (Å²) >= 11 is 0. The minimum atomic E-state index is -0.0686. The normalized spacial score (nSPS) is 29.9. The monoisotopic (exact) mass is 289 g/mol. The van der Waals surface area contributed by atoms with Crippen LogP contribution in [0.4, 0.5) is 0 Å². The Labute approximate surface area is 127 Å². The summed E-state index contributed by atoms with van der Waals surface area (Å²) in [6, 6.07) is 10.0. The van der Waals surface area contributed by atoms with Crippen LogP contribution in [0.5, 0.6) is 5.75 Å². The largest absolute Gasteiger partial charge is 0.494 e. The lowest BCUT2D eigenvalue weighted by atomic mass is 9.76. The number of ether oxygens (including phenoxy) is 1. The summed E-state index contributed by atoms with van der Waals surface area (Å²) in [6.07, 6.45) is 6.85. The zero-order chi connectivity index (χ0) is 14.5. The van der Waals surface area contributed by atoms with Crippen molar-refractivity contribution in [2.24, 2.45) is 5.41 Å². The van der Waals surface area contributed by atoms with Gasteiger partial charge in [-0.05, 0) is 50.8 Å². The lowest BCUT2D eigenvalue weighted by Gasteiger charge is -2.42. The standard InChI is InChI=1S/C18H27NO2/c20-17-9-4-10-18(17)11-5-12-19(15-18)13-6-14-21-16-7-2-1-3-8-16/h1-3,7-8,17,20H,4-6,9-15H2/t17-,18-/m1/s1. The van der Waals surface area contributed by atoms with E-state index in [1.165, 1.54) is 32.2 Å². The van der Waals surface area contributed by atoms with Gasteiger partial charge in [0.1, 0.15) is 5.75 Å². The Morgan fingerprint density at radius 3 is 2.76 bits per heavy atom. The van der Waals surface area contributed by atoms with Gasteiger partial charge in [0.05, 0.1) is 12.7 Å². The number of likely N-dealkylation sites (tertiary alicyclic amines) is 1. The first kappa shape index (κ1) is 14.9. The van der Waals surface area contributed by atoms with Gasteiger partial charge in [-0.1, -0.05) is 24.6 Å². The molecule has 1 aromatic rings. The van der Waals surface area contributed by atoms with Crippen LogP contribution < -0.4 is 4.74 Å². The summed E-state index contributed by atoms with van der Waals surface area (Å²) in [4.78, 5) is 2.53. The van der Waals surface area contributed by atoms with Crippen LogP contribution in [-0.2, 0) is 0 Å². The quantitative estimate of drug-likeness (QED) is 0.846. The predicted octanol–water partition coefficient (Wildman–Crippen LogP) is 3.08. The topological polar surface area (TPSA) is 32.7 Å². The average Bonchev–Trinajstić information content (AvgIpc) is 2.85. The van der Waals surface area contributed by atoms with Crippen molar-refractivity contribution in [3.8, 4) is 5.75 Å². The predicted molar refractivity (Wildman–Crippen MR) is 84.5 cm³/mol. The summed E-state index contributed by atoms with van der Waals surface area (Å²) in [5, 5.41) is 10.3. The van der Waals surface area contributed by atoms with Gasteiger partial charge >= 0.3 is 0 Å². The average molecular weight is 289 g/mol. The molecule has 0 radical (unpaired) electrons. The Hall–Kier alpha value is -1.06. The van der Waals surface area contributed by atoms with E-state index < -0.39 is 0 Å². The Morgan fingerprint density at radius 2 is 2.00 bits per heavy atom. The molecule has 1 aromatic carbocycles. The fraction of sp³-hybridized carbons (Fsp3) is 0.667. The smallest absolute Gasteiger partial charge is 0.119 e. The number of nitrogens with zero attached hydrogens (tertiary/aromatic N) is 1. The summed E-state index contributed by atoms with van der Waals surface area (Å²) in [5.41, 5.74) is 0.207. The summed E-state index contributed by atoms with van der Waals surface area (Å²) in [5.74, 6) is 0.957. The number of hydrogen-bond donors (Lipinski definition) is 1. The molecule has 1 spiro atoms. The van der Waals surface area contributed by atoms with Crippen LogP contribution in [0.25, 0.3) is 0 Å². The van der Waals surface area contributed by atoms with E-state index in [1.54, 1.807) is 0 Å². The Balaban J connectivity index is 1.41. The molecule has 2 atom stereocenters. The molecule has 2 fully saturated rings. The van der Waals surface area contributed by atoms with Gasteiger partial charge in [-0.15, -0.1) is 0 Å². The van der Waals surface area contributed by atoms with Gasteiger partial charge < -0.3 is 14.7 Å². The van der Waals surface area contributed by atoms with Crippen molar-refractivity contribution in [1.29, 1.82) is 0 Å². The lowest BCUT2D eigenvalue weighted by molar-refractivity contribution is -0.0104. The number of aliphatic hydroxyl groups excluding tert-OH is 1. The van der Waals surface area contributed by atoms with Gasteiger partial charge in [-0.25, -0.2) is 0 Å². The maximum absolute atomic E-state index is 10.3. The van der Waals surface area contributed by atoms with Crippen LogP contribution in [0.1, 0.15) is 38.5 Å². The zero-order valence-corrected chi connectivity index (χ0v) is 12.8. The van der Waals surface area contributed by atoms with Crippen molar-refractivity contribution in [2.75, 3.05) is 26.2 Å². The number of hydrogen-bond acceptors (Lipinski definition) is 3. The number of benzene rings is 1. The van der Waals surface area contributed by atoms with E-state index >= 15 is 0 Å². The van der Waals surface area contributed by atoms with Crippen LogP contribution in [0.3, 0.4) is 0 Å². The molecule has 0 aromatic heterocycles. The van der Waals surface area contributed by atoms with Gasteiger partial charge in [-0.3, -0.25) is 0 Å². The highest BCUT2D eigenvalue weighted by Crippen LogP contribution is 2.44. The zero-order valence-electron chi connectivity index (χ0n) is 12.8. The molecule has 3 rings (SSSR count). The molecular weight excluding hydrogens is 262 g/mol. The van der Waals surface area contributed by atoms with Crippen molar-refractivity contribution in [1.82, 2.24) is 4.90 Å². The van der Waals surface area contributed by atoms with Crippen molar-refractivity contribution in [3.63, 3.8) is 0 Å². The molecule has 21 heavy (non-hydrogen) atoms. The summed E-state index contributed by atoms with van der Waals surface area (Å²) in [6.45, 7) is 4.12. The first-order valence-electron chi connectivity index (χ1n) is 8.37. The number of rotatable bonds is 5. The SMILES string of the molecule is O[C@@H]1CCC[C@]12CCCN(CCCOc1ccccc1)C2. The minimum absolute atomic E-state index is 0.0686. The molecule has 3 heteroatoms. The van der Waals surface area contributed by atoms with Crippen molar-refractivity contribution >= 4 is 0 Å². The second kappa shape index (κ2) is 6.80. The van der Waals surface area contributed by atoms with Crippen LogP contribution in [0.15, 0.2) is 30.3 Å². The first-order chi connectivity index (χ1) is 10.3. The Morgan fingerprint density at radius 1 is 1.19 bits per heavy atom. The number of aliphatic hydroxyl groups is 1. The van der Waals surface area contributed by atoms with Crippen LogP contribution in [-0.4, -0.2) is 42.4 Å². The minimum Gasteiger partial charge on any atom is -0.494 e. The molecule has 1 saturated heterocycles. The van der Waals surface area contributed by atoms with E-state index in [0.717, 1.165) is 38.3 Å². The molecule has 1 heterocycles. The molecule has 2 aliphatic rings. The summed E-state index contributed by atoms with van der Waals surface area (Å²) in [7, 11) is 0. The molecule has 1 saturated carbocycles. The van der Waals surface area contributed by atoms with E-state index in [4.69, 9.17) is 4.74 Å². The van der Waals surface area contributed by atoms with Crippen molar-refractivity contribution < 1.29 is 9.84 Å². The van der Waals surface area contributed by atoms with Gasteiger partial charge in [0.2, 0.25) is 0 Å². The molecule has 1 N–H and O–H groups in total. The van der Waals surface area contributed by atoms with Gasteiger partial charge in [-0.2, -0.15) is 0 Å². The molecular formula is C18H27NO2. The maximum Gasteiger partial charge on any atom is 0.119 e. The fourth-order valence-corrected chi connectivity index (χ4v) is 4.04. The second-order valence-corrected chi connectivity index (χ2v) is 6.67. The molecule has 116 valence electrons. The third kappa shape index (κ3) is 3.58. The van der Waals surface area contributed by atoms with E-state index in [2.05, 4.69) is 4.90 Å². The summed E-state index contributed by atoms with van der Waals surface area (Å²) < 4.78 is 5.76. The molecule has 0 bridgehead atoms. The lowest BCUT2D eigenvalue weighted by Crippen LogP contribution is -2.47. The van der Waals surface area contributed by atoms with Crippen molar-refractivity contribution in [2.45, 2.75) is 44.6 Å². The van der Waals surface area contributed by atoms with Crippen LogP contribution >= 0.6 is 0 Å². The highest BCUT2D eigenvalue weighted by molar-refractivity contribution is 5.20. The fourth-order valence-electron chi connectivity index (χ4n) is 4.04. The van der Waals surface area contributed by atoms with E-state index in [-0.39, 0.29) is 11.5 Å². The number of para-hydroxylation sites is 1.